The Morgan fingerprint density at radius 1 is 1.17 bits per heavy atom. The summed E-state index contributed by atoms with van der Waals surface area (Å²) >= 11 is 0. The van der Waals surface area contributed by atoms with Gasteiger partial charge in [0.25, 0.3) is 0 Å². The van der Waals surface area contributed by atoms with Crippen molar-refractivity contribution in [2.45, 2.75) is 72.4 Å². The van der Waals surface area contributed by atoms with Gasteiger partial charge in [0.15, 0.2) is 0 Å². The van der Waals surface area contributed by atoms with Crippen LogP contribution in [0.5, 0.6) is 0 Å². The van der Waals surface area contributed by atoms with Crippen LogP contribution in [-0.4, -0.2) is 22.9 Å². The van der Waals surface area contributed by atoms with Crippen molar-refractivity contribution in [1.29, 1.82) is 0 Å². The van der Waals surface area contributed by atoms with E-state index in [1.54, 1.807) is 0 Å². The first-order valence-electron chi connectivity index (χ1n) is 7.75. The lowest BCUT2D eigenvalue weighted by Gasteiger charge is -2.33. The van der Waals surface area contributed by atoms with Crippen molar-refractivity contribution < 1.29 is 4.79 Å². The first-order chi connectivity index (χ1) is 8.43. The summed E-state index contributed by atoms with van der Waals surface area (Å²) < 4.78 is 0. The van der Waals surface area contributed by atoms with Crippen LogP contribution in [0.4, 0.5) is 0 Å². The van der Waals surface area contributed by atoms with Crippen molar-refractivity contribution in [3.8, 4) is 0 Å². The molecule has 2 nitrogen and oxygen atoms in total. The van der Waals surface area contributed by atoms with E-state index in [9.17, 15) is 4.79 Å². The molecule has 1 heterocycles. The van der Waals surface area contributed by atoms with E-state index in [4.69, 9.17) is 0 Å². The van der Waals surface area contributed by atoms with Crippen molar-refractivity contribution in [3.63, 3.8) is 0 Å². The molecule has 2 fully saturated rings. The minimum atomic E-state index is 0.173. The summed E-state index contributed by atoms with van der Waals surface area (Å²) in [5, 5.41) is 0. The van der Waals surface area contributed by atoms with Gasteiger partial charge < -0.3 is 4.90 Å². The molecule has 1 saturated heterocycles. The van der Waals surface area contributed by atoms with E-state index >= 15 is 0 Å². The Balaban J connectivity index is 2.08. The number of amides is 1. The zero-order valence-electron chi connectivity index (χ0n) is 12.6. The smallest absolute Gasteiger partial charge is 0.226 e. The highest BCUT2D eigenvalue weighted by molar-refractivity contribution is 5.80. The maximum absolute atomic E-state index is 12.8. The van der Waals surface area contributed by atoms with Gasteiger partial charge in [0.1, 0.15) is 0 Å². The van der Waals surface area contributed by atoms with E-state index in [2.05, 4.69) is 39.5 Å². The first kappa shape index (κ1) is 13.9. The normalized spacial score (nSPS) is 34.8. The lowest BCUT2D eigenvalue weighted by Crippen LogP contribution is -2.44. The summed E-state index contributed by atoms with van der Waals surface area (Å²) in [4.78, 5) is 15.0. The average molecular weight is 251 g/mol. The predicted molar refractivity (Wildman–Crippen MR) is 75.2 cm³/mol. The Hall–Kier alpha value is -0.530. The first-order valence-corrected chi connectivity index (χ1v) is 7.75. The second-order valence-corrected chi connectivity index (χ2v) is 6.98. The third-order valence-electron chi connectivity index (χ3n) is 5.58. The predicted octanol–water partition coefficient (Wildman–Crippen LogP) is 3.70. The standard InChI is InChI=1S/C16H29NO/c1-10(2)12(4)13(5)16(18)17-11(3)9-14-7-6-8-15(14)17/h10-15H,6-9H2,1-5H3/t11-,12?,13?,14?,15?/m1/s1. The molecule has 18 heavy (non-hydrogen) atoms. The molecule has 1 aliphatic heterocycles. The Labute approximate surface area is 112 Å². The van der Waals surface area contributed by atoms with Crippen LogP contribution < -0.4 is 0 Å². The van der Waals surface area contributed by atoms with Gasteiger partial charge in [0, 0.05) is 18.0 Å². The van der Waals surface area contributed by atoms with Gasteiger partial charge in [-0.05, 0) is 43.9 Å². The van der Waals surface area contributed by atoms with E-state index in [1.165, 1.54) is 25.7 Å². The molecule has 0 aromatic heterocycles. The molecular weight excluding hydrogens is 222 g/mol. The minimum absolute atomic E-state index is 0.173. The van der Waals surface area contributed by atoms with Crippen molar-refractivity contribution >= 4 is 5.91 Å². The van der Waals surface area contributed by atoms with Gasteiger partial charge in [0.05, 0.1) is 0 Å². The van der Waals surface area contributed by atoms with Crippen LogP contribution in [0.15, 0.2) is 0 Å². The lowest BCUT2D eigenvalue weighted by molar-refractivity contribution is -0.140. The van der Waals surface area contributed by atoms with E-state index in [0.717, 1.165) is 5.92 Å². The number of hydrogen-bond acceptors (Lipinski definition) is 1. The summed E-state index contributed by atoms with van der Waals surface area (Å²) in [6, 6.07) is 1.03. The third kappa shape index (κ3) is 2.31. The van der Waals surface area contributed by atoms with Gasteiger partial charge in [-0.25, -0.2) is 0 Å². The maximum atomic E-state index is 12.8. The van der Waals surface area contributed by atoms with Gasteiger partial charge in [-0.1, -0.05) is 34.1 Å². The molecule has 0 bridgehead atoms. The van der Waals surface area contributed by atoms with Crippen LogP contribution in [-0.2, 0) is 4.79 Å². The van der Waals surface area contributed by atoms with Crippen molar-refractivity contribution in [2.24, 2.45) is 23.7 Å². The van der Waals surface area contributed by atoms with Crippen LogP contribution >= 0.6 is 0 Å². The molecule has 0 spiro atoms. The molecule has 1 amide bonds. The minimum Gasteiger partial charge on any atom is -0.336 e. The molecule has 0 aromatic rings. The molecule has 1 saturated carbocycles. The Morgan fingerprint density at radius 3 is 2.44 bits per heavy atom. The van der Waals surface area contributed by atoms with Crippen molar-refractivity contribution in [2.75, 3.05) is 0 Å². The fraction of sp³-hybridized carbons (Fsp3) is 0.938. The van der Waals surface area contributed by atoms with Gasteiger partial charge in [-0.3, -0.25) is 4.79 Å². The van der Waals surface area contributed by atoms with E-state index < -0.39 is 0 Å². The number of rotatable bonds is 3. The Morgan fingerprint density at radius 2 is 1.83 bits per heavy atom. The van der Waals surface area contributed by atoms with Crippen LogP contribution in [0.1, 0.15) is 60.3 Å². The van der Waals surface area contributed by atoms with Gasteiger partial charge >= 0.3 is 0 Å². The third-order valence-corrected chi connectivity index (χ3v) is 5.58. The average Bonchev–Trinajstić information content (AvgIpc) is 2.85. The number of carbonyl (C=O) groups is 1. The molecule has 5 atom stereocenters. The number of nitrogens with zero attached hydrogens (tertiary/aromatic N) is 1. The quantitative estimate of drug-likeness (QED) is 0.749. The molecule has 2 aliphatic rings. The molecule has 2 heteroatoms. The SMILES string of the molecule is CC(C)C(C)C(C)C(=O)N1C2CCCC2C[C@H]1C. The van der Waals surface area contributed by atoms with E-state index in [1.807, 2.05) is 0 Å². The molecule has 1 aliphatic carbocycles. The number of likely N-dealkylation sites (tertiary alicyclic amines) is 1. The zero-order chi connectivity index (χ0) is 13.4. The van der Waals surface area contributed by atoms with Crippen LogP contribution in [0.2, 0.25) is 0 Å². The Kier molecular flexibility index (Phi) is 4.03. The summed E-state index contributed by atoms with van der Waals surface area (Å²) in [6.07, 6.45) is 5.13. The van der Waals surface area contributed by atoms with Crippen molar-refractivity contribution in [1.82, 2.24) is 4.90 Å². The Bertz CT molecular complexity index is 312. The second-order valence-electron chi connectivity index (χ2n) is 6.98. The topological polar surface area (TPSA) is 20.3 Å². The summed E-state index contributed by atoms with van der Waals surface area (Å²) in [5.74, 6) is 2.45. The summed E-state index contributed by atoms with van der Waals surface area (Å²) in [6.45, 7) is 11.0. The van der Waals surface area contributed by atoms with Crippen molar-refractivity contribution in [3.05, 3.63) is 0 Å². The van der Waals surface area contributed by atoms with Crippen LogP contribution in [0.3, 0.4) is 0 Å². The molecule has 4 unspecified atom stereocenters. The highest BCUT2D eigenvalue weighted by Crippen LogP contribution is 2.42. The lowest BCUT2D eigenvalue weighted by atomic mass is 9.85. The molecule has 0 radical (unpaired) electrons. The van der Waals surface area contributed by atoms with Gasteiger partial charge in [0.2, 0.25) is 5.91 Å². The second kappa shape index (κ2) is 5.22. The highest BCUT2D eigenvalue weighted by atomic mass is 16.2. The fourth-order valence-electron chi connectivity index (χ4n) is 3.96. The number of hydrogen-bond donors (Lipinski definition) is 0. The van der Waals surface area contributed by atoms with E-state index in [0.29, 0.717) is 29.8 Å². The summed E-state index contributed by atoms with van der Waals surface area (Å²) in [7, 11) is 0. The monoisotopic (exact) mass is 251 g/mol. The number of fused-ring (bicyclic) bond motifs is 1. The van der Waals surface area contributed by atoms with E-state index in [-0.39, 0.29) is 5.92 Å². The maximum Gasteiger partial charge on any atom is 0.226 e. The molecule has 0 N–H and O–H groups in total. The zero-order valence-corrected chi connectivity index (χ0v) is 12.6. The van der Waals surface area contributed by atoms with Gasteiger partial charge in [-0.15, -0.1) is 0 Å². The molecular formula is C16H29NO. The van der Waals surface area contributed by atoms with Crippen LogP contribution in [0, 0.1) is 23.7 Å². The summed E-state index contributed by atoms with van der Waals surface area (Å²) in [5.41, 5.74) is 0. The molecule has 104 valence electrons. The van der Waals surface area contributed by atoms with Crippen LogP contribution in [0.25, 0.3) is 0 Å². The highest BCUT2D eigenvalue weighted by Gasteiger charge is 2.45. The fourth-order valence-corrected chi connectivity index (χ4v) is 3.96. The number of carbonyl (C=O) groups excluding carboxylic acids is 1. The largest absolute Gasteiger partial charge is 0.336 e. The van der Waals surface area contributed by atoms with Gasteiger partial charge in [-0.2, -0.15) is 0 Å². The molecule has 2 rings (SSSR count). The molecule has 0 aromatic carbocycles.